The Bertz CT molecular complexity index is 555. The summed E-state index contributed by atoms with van der Waals surface area (Å²) in [5.74, 6) is 1.54. The predicted octanol–water partition coefficient (Wildman–Crippen LogP) is 3.03. The Balaban J connectivity index is 2.01. The minimum atomic E-state index is 0.0129. The van der Waals surface area contributed by atoms with E-state index in [2.05, 4.69) is 10.6 Å². The molecule has 0 aliphatic carbocycles. The Morgan fingerprint density at radius 2 is 1.75 bits per heavy atom. The summed E-state index contributed by atoms with van der Waals surface area (Å²) in [7, 11) is 1.63. The predicted molar refractivity (Wildman–Crippen MR) is 80.1 cm³/mol. The van der Waals surface area contributed by atoms with Crippen molar-refractivity contribution in [1.29, 1.82) is 0 Å². The van der Waals surface area contributed by atoms with Crippen molar-refractivity contribution < 1.29 is 9.53 Å². The summed E-state index contributed by atoms with van der Waals surface area (Å²) < 4.78 is 5.83. The van der Waals surface area contributed by atoms with Crippen LogP contribution in [0.4, 0.5) is 5.69 Å². The highest BCUT2D eigenvalue weighted by Crippen LogP contribution is 2.28. The van der Waals surface area contributed by atoms with Gasteiger partial charge in [-0.2, -0.15) is 0 Å². The van der Waals surface area contributed by atoms with Crippen LogP contribution in [0.3, 0.4) is 0 Å². The van der Waals surface area contributed by atoms with Crippen LogP contribution in [0.5, 0.6) is 11.5 Å². The molecule has 0 saturated carbocycles. The SMILES string of the molecule is CNC(=O)CCNc1ccccc1Oc1ccccc1. The Labute approximate surface area is 118 Å². The zero-order chi connectivity index (χ0) is 14.2. The lowest BCUT2D eigenvalue weighted by atomic mass is 10.2. The summed E-state index contributed by atoms with van der Waals surface area (Å²) in [6.07, 6.45) is 0.427. The van der Waals surface area contributed by atoms with E-state index in [1.807, 2.05) is 54.6 Å². The number of para-hydroxylation sites is 3. The van der Waals surface area contributed by atoms with Gasteiger partial charge in [-0.05, 0) is 24.3 Å². The van der Waals surface area contributed by atoms with E-state index in [0.29, 0.717) is 13.0 Å². The molecule has 0 aliphatic heterocycles. The number of amides is 1. The summed E-state index contributed by atoms with van der Waals surface area (Å²) in [6, 6.07) is 17.3. The number of hydrogen-bond acceptors (Lipinski definition) is 3. The van der Waals surface area contributed by atoms with Crippen molar-refractivity contribution in [3.63, 3.8) is 0 Å². The second-order valence-electron chi connectivity index (χ2n) is 4.26. The van der Waals surface area contributed by atoms with Gasteiger partial charge in [0, 0.05) is 20.0 Å². The molecule has 0 saturated heterocycles. The zero-order valence-corrected chi connectivity index (χ0v) is 11.4. The largest absolute Gasteiger partial charge is 0.455 e. The quantitative estimate of drug-likeness (QED) is 0.848. The van der Waals surface area contributed by atoms with Gasteiger partial charge in [-0.1, -0.05) is 30.3 Å². The van der Waals surface area contributed by atoms with Gasteiger partial charge in [0.25, 0.3) is 0 Å². The lowest BCUT2D eigenvalue weighted by molar-refractivity contribution is -0.120. The molecule has 0 radical (unpaired) electrons. The van der Waals surface area contributed by atoms with Crippen molar-refractivity contribution in [2.45, 2.75) is 6.42 Å². The van der Waals surface area contributed by atoms with E-state index in [-0.39, 0.29) is 5.91 Å². The summed E-state index contributed by atoms with van der Waals surface area (Å²) in [5, 5.41) is 5.81. The standard InChI is InChI=1S/C16H18N2O2/c1-17-16(19)11-12-18-14-9-5-6-10-15(14)20-13-7-3-2-4-8-13/h2-10,18H,11-12H2,1H3,(H,17,19). The Morgan fingerprint density at radius 3 is 2.50 bits per heavy atom. The van der Waals surface area contributed by atoms with Crippen LogP contribution in [0.25, 0.3) is 0 Å². The zero-order valence-electron chi connectivity index (χ0n) is 11.4. The molecule has 1 amide bonds. The molecule has 0 bridgehead atoms. The van der Waals surface area contributed by atoms with E-state index in [9.17, 15) is 4.79 Å². The average Bonchev–Trinajstić information content (AvgIpc) is 2.50. The van der Waals surface area contributed by atoms with Gasteiger partial charge in [0.15, 0.2) is 5.75 Å². The van der Waals surface area contributed by atoms with Crippen LogP contribution in [0.1, 0.15) is 6.42 Å². The Kier molecular flexibility index (Phi) is 5.00. The van der Waals surface area contributed by atoms with Gasteiger partial charge in [0.2, 0.25) is 5.91 Å². The van der Waals surface area contributed by atoms with Gasteiger partial charge >= 0.3 is 0 Å². The third-order valence-corrected chi connectivity index (χ3v) is 2.80. The summed E-state index contributed by atoms with van der Waals surface area (Å²) in [5.41, 5.74) is 0.875. The van der Waals surface area contributed by atoms with Gasteiger partial charge < -0.3 is 15.4 Å². The summed E-state index contributed by atoms with van der Waals surface area (Å²) in [6.45, 7) is 0.564. The fourth-order valence-corrected chi connectivity index (χ4v) is 1.75. The van der Waals surface area contributed by atoms with Gasteiger partial charge in [-0.3, -0.25) is 4.79 Å². The molecule has 20 heavy (non-hydrogen) atoms. The Hall–Kier alpha value is -2.49. The summed E-state index contributed by atoms with van der Waals surface area (Å²) in [4.78, 5) is 11.2. The van der Waals surface area contributed by atoms with E-state index in [1.165, 1.54) is 0 Å². The number of carbonyl (C=O) groups excluding carboxylic acids is 1. The molecule has 0 aliphatic rings. The maximum absolute atomic E-state index is 11.2. The lowest BCUT2D eigenvalue weighted by Crippen LogP contribution is -2.20. The molecule has 2 aromatic rings. The van der Waals surface area contributed by atoms with E-state index in [4.69, 9.17) is 4.74 Å². The van der Waals surface area contributed by atoms with Crippen molar-refractivity contribution in [2.24, 2.45) is 0 Å². The minimum Gasteiger partial charge on any atom is -0.455 e. The third-order valence-electron chi connectivity index (χ3n) is 2.80. The van der Waals surface area contributed by atoms with Gasteiger partial charge in [-0.15, -0.1) is 0 Å². The normalized spacial score (nSPS) is 9.85. The highest BCUT2D eigenvalue weighted by atomic mass is 16.5. The van der Waals surface area contributed by atoms with Crippen molar-refractivity contribution in [3.8, 4) is 11.5 Å². The second-order valence-corrected chi connectivity index (χ2v) is 4.26. The molecule has 0 aromatic heterocycles. The molecule has 4 nitrogen and oxygen atoms in total. The van der Waals surface area contributed by atoms with Crippen LogP contribution in [-0.2, 0) is 4.79 Å². The molecule has 104 valence electrons. The first kappa shape index (κ1) is 13.9. The number of nitrogens with one attached hydrogen (secondary N) is 2. The first-order valence-electron chi connectivity index (χ1n) is 6.56. The molecule has 0 heterocycles. The fourth-order valence-electron chi connectivity index (χ4n) is 1.75. The topological polar surface area (TPSA) is 50.4 Å². The number of rotatable bonds is 6. The maximum atomic E-state index is 11.2. The first-order valence-corrected chi connectivity index (χ1v) is 6.56. The van der Waals surface area contributed by atoms with E-state index < -0.39 is 0 Å². The monoisotopic (exact) mass is 270 g/mol. The van der Waals surface area contributed by atoms with Gasteiger partial charge in [0.1, 0.15) is 5.75 Å². The first-order chi connectivity index (χ1) is 9.79. The van der Waals surface area contributed by atoms with Crippen LogP contribution in [0.2, 0.25) is 0 Å². The van der Waals surface area contributed by atoms with Crippen molar-refractivity contribution in [3.05, 3.63) is 54.6 Å². The average molecular weight is 270 g/mol. The van der Waals surface area contributed by atoms with E-state index in [1.54, 1.807) is 7.05 Å². The molecule has 2 rings (SSSR count). The number of carbonyl (C=O) groups is 1. The number of anilines is 1. The maximum Gasteiger partial charge on any atom is 0.221 e. The fraction of sp³-hybridized carbons (Fsp3) is 0.188. The van der Waals surface area contributed by atoms with Crippen LogP contribution in [0.15, 0.2) is 54.6 Å². The highest BCUT2D eigenvalue weighted by molar-refractivity contribution is 5.76. The number of ether oxygens (including phenoxy) is 1. The lowest BCUT2D eigenvalue weighted by Gasteiger charge is -2.12. The van der Waals surface area contributed by atoms with Crippen LogP contribution in [0, 0.1) is 0 Å². The van der Waals surface area contributed by atoms with Crippen LogP contribution in [-0.4, -0.2) is 19.5 Å². The molecule has 0 spiro atoms. The molecule has 0 atom stereocenters. The number of benzene rings is 2. The molecule has 2 aromatic carbocycles. The third kappa shape index (κ3) is 4.02. The van der Waals surface area contributed by atoms with Crippen LogP contribution >= 0.6 is 0 Å². The van der Waals surface area contributed by atoms with E-state index >= 15 is 0 Å². The van der Waals surface area contributed by atoms with Crippen molar-refractivity contribution >= 4 is 11.6 Å². The second kappa shape index (κ2) is 7.19. The molecule has 0 unspecified atom stereocenters. The smallest absolute Gasteiger partial charge is 0.221 e. The molecular formula is C16H18N2O2. The number of hydrogen-bond donors (Lipinski definition) is 2. The highest BCUT2D eigenvalue weighted by Gasteiger charge is 2.04. The van der Waals surface area contributed by atoms with E-state index in [0.717, 1.165) is 17.2 Å². The molecule has 2 N–H and O–H groups in total. The summed E-state index contributed by atoms with van der Waals surface area (Å²) >= 11 is 0. The van der Waals surface area contributed by atoms with Crippen LogP contribution < -0.4 is 15.4 Å². The molecule has 0 fully saturated rings. The minimum absolute atomic E-state index is 0.0129. The van der Waals surface area contributed by atoms with Gasteiger partial charge in [-0.25, -0.2) is 0 Å². The van der Waals surface area contributed by atoms with Crippen molar-refractivity contribution in [2.75, 3.05) is 18.9 Å². The van der Waals surface area contributed by atoms with Crippen molar-refractivity contribution in [1.82, 2.24) is 5.32 Å². The molecular weight excluding hydrogens is 252 g/mol. The van der Waals surface area contributed by atoms with Gasteiger partial charge in [0.05, 0.1) is 5.69 Å². The Morgan fingerprint density at radius 1 is 1.05 bits per heavy atom. The molecule has 4 heteroatoms.